The molecule has 0 heterocycles. The number of thiol groups is 1. The molecular formula is C10H11ClOS. The van der Waals surface area contributed by atoms with Gasteiger partial charge in [0.15, 0.2) is 0 Å². The molecule has 1 aromatic carbocycles. The van der Waals surface area contributed by atoms with Crippen LogP contribution < -0.4 is 0 Å². The van der Waals surface area contributed by atoms with Gasteiger partial charge in [-0.15, -0.1) is 24.2 Å². The second-order valence-electron chi connectivity index (χ2n) is 2.99. The summed E-state index contributed by atoms with van der Waals surface area (Å²) in [7, 11) is 0. The van der Waals surface area contributed by atoms with Crippen molar-refractivity contribution in [3.63, 3.8) is 0 Å². The Morgan fingerprint density at radius 1 is 1.62 bits per heavy atom. The monoisotopic (exact) mass is 214 g/mol. The van der Waals surface area contributed by atoms with Crippen LogP contribution in [0.2, 0.25) is 0 Å². The van der Waals surface area contributed by atoms with Gasteiger partial charge in [0.2, 0.25) is 5.12 Å². The normalized spacial score (nSPS) is 12.5. The molecule has 0 N–H and O–H groups in total. The van der Waals surface area contributed by atoms with Crippen LogP contribution in [0.5, 0.6) is 0 Å². The molecule has 0 spiro atoms. The van der Waals surface area contributed by atoms with Crippen LogP contribution in [0, 0.1) is 0 Å². The van der Waals surface area contributed by atoms with Crippen molar-refractivity contribution in [3.05, 3.63) is 35.4 Å². The van der Waals surface area contributed by atoms with Gasteiger partial charge in [-0.2, -0.15) is 0 Å². The van der Waals surface area contributed by atoms with Crippen LogP contribution in [0.15, 0.2) is 24.3 Å². The fourth-order valence-corrected chi connectivity index (χ4v) is 1.47. The van der Waals surface area contributed by atoms with E-state index in [4.69, 9.17) is 11.6 Å². The molecule has 0 aliphatic rings. The van der Waals surface area contributed by atoms with Crippen molar-refractivity contribution >= 4 is 29.3 Å². The van der Waals surface area contributed by atoms with Gasteiger partial charge in [-0.3, -0.25) is 4.79 Å². The maximum atomic E-state index is 10.9. The number of carbonyl (C=O) groups is 1. The van der Waals surface area contributed by atoms with Crippen molar-refractivity contribution < 1.29 is 4.79 Å². The summed E-state index contributed by atoms with van der Waals surface area (Å²) in [6.45, 7) is 1.93. The van der Waals surface area contributed by atoms with E-state index in [1.165, 1.54) is 0 Å². The highest BCUT2D eigenvalue weighted by Crippen LogP contribution is 2.11. The Bertz CT molecular complexity index is 310. The van der Waals surface area contributed by atoms with E-state index in [1.807, 2.05) is 25.1 Å². The smallest absolute Gasteiger partial charge is 0.216 e. The van der Waals surface area contributed by atoms with Crippen LogP contribution in [0.25, 0.3) is 0 Å². The van der Waals surface area contributed by atoms with E-state index in [1.54, 1.807) is 6.07 Å². The lowest BCUT2D eigenvalue weighted by Gasteiger charge is -2.03. The first-order valence-electron chi connectivity index (χ1n) is 4.06. The topological polar surface area (TPSA) is 17.1 Å². The molecule has 1 rings (SSSR count). The van der Waals surface area contributed by atoms with Gasteiger partial charge in [-0.25, -0.2) is 0 Å². The predicted molar refractivity (Wildman–Crippen MR) is 58.8 cm³/mol. The summed E-state index contributed by atoms with van der Waals surface area (Å²) in [6.07, 6.45) is 0.774. The average Bonchev–Trinajstić information content (AvgIpc) is 2.03. The summed E-state index contributed by atoms with van der Waals surface area (Å²) >= 11 is 9.59. The molecule has 0 radical (unpaired) electrons. The van der Waals surface area contributed by atoms with E-state index in [-0.39, 0.29) is 10.5 Å². The Balaban J connectivity index is 2.85. The van der Waals surface area contributed by atoms with Crippen LogP contribution in [-0.4, -0.2) is 10.5 Å². The third-order valence-electron chi connectivity index (χ3n) is 1.69. The van der Waals surface area contributed by atoms with Crippen molar-refractivity contribution in [2.75, 3.05) is 0 Å². The Labute approximate surface area is 88.5 Å². The van der Waals surface area contributed by atoms with Gasteiger partial charge >= 0.3 is 0 Å². The lowest BCUT2D eigenvalue weighted by atomic mass is 10.1. The summed E-state index contributed by atoms with van der Waals surface area (Å²) in [5, 5.41) is -0.116. The molecule has 0 bridgehead atoms. The fraction of sp³-hybridized carbons (Fsp3) is 0.300. The van der Waals surface area contributed by atoms with E-state index in [9.17, 15) is 4.79 Å². The van der Waals surface area contributed by atoms with Crippen molar-refractivity contribution in [1.29, 1.82) is 0 Å². The lowest BCUT2D eigenvalue weighted by Crippen LogP contribution is -1.98. The second kappa shape index (κ2) is 4.68. The van der Waals surface area contributed by atoms with Crippen LogP contribution in [0.4, 0.5) is 0 Å². The van der Waals surface area contributed by atoms with Gasteiger partial charge in [0, 0.05) is 10.9 Å². The molecule has 3 heteroatoms. The molecule has 0 aliphatic heterocycles. The van der Waals surface area contributed by atoms with Crippen LogP contribution in [0.1, 0.15) is 22.8 Å². The van der Waals surface area contributed by atoms with Crippen LogP contribution in [0.3, 0.4) is 0 Å². The molecular weight excluding hydrogens is 204 g/mol. The highest BCUT2D eigenvalue weighted by atomic mass is 35.5. The molecule has 0 aliphatic carbocycles. The van der Waals surface area contributed by atoms with Gasteiger partial charge < -0.3 is 0 Å². The average molecular weight is 215 g/mol. The molecule has 13 heavy (non-hydrogen) atoms. The zero-order valence-corrected chi connectivity index (χ0v) is 8.98. The Morgan fingerprint density at radius 3 is 2.85 bits per heavy atom. The molecule has 0 fully saturated rings. The van der Waals surface area contributed by atoms with E-state index in [0.717, 1.165) is 12.0 Å². The van der Waals surface area contributed by atoms with E-state index in [0.29, 0.717) is 5.56 Å². The second-order valence-corrected chi connectivity index (χ2v) is 4.14. The van der Waals surface area contributed by atoms with E-state index in [2.05, 4.69) is 12.6 Å². The maximum absolute atomic E-state index is 10.9. The van der Waals surface area contributed by atoms with Gasteiger partial charge in [0.1, 0.15) is 0 Å². The zero-order chi connectivity index (χ0) is 9.84. The van der Waals surface area contributed by atoms with E-state index >= 15 is 0 Å². The zero-order valence-electron chi connectivity index (χ0n) is 7.33. The van der Waals surface area contributed by atoms with Crippen LogP contribution >= 0.6 is 24.2 Å². The third kappa shape index (κ3) is 3.41. The summed E-state index contributed by atoms with van der Waals surface area (Å²) in [4.78, 5) is 10.9. The quantitative estimate of drug-likeness (QED) is 0.605. The van der Waals surface area contributed by atoms with Gasteiger partial charge in [0.05, 0.1) is 0 Å². The summed E-state index contributed by atoms with van der Waals surface area (Å²) in [5.41, 5.74) is 1.69. The first kappa shape index (κ1) is 10.6. The molecule has 1 unspecified atom stereocenters. The standard InChI is InChI=1S/C10H11ClOS/c1-7(11)5-8-3-2-4-9(6-8)10(12)13/h2-4,6-7H,5H2,1H3,(H,12,13). The molecule has 0 saturated heterocycles. The largest absolute Gasteiger partial charge is 0.282 e. The number of carbonyl (C=O) groups excluding carboxylic acids is 1. The highest BCUT2D eigenvalue weighted by Gasteiger charge is 2.03. The summed E-state index contributed by atoms with van der Waals surface area (Å²) < 4.78 is 0. The summed E-state index contributed by atoms with van der Waals surface area (Å²) in [6, 6.07) is 7.38. The third-order valence-corrected chi connectivity index (χ3v) is 2.10. The molecule has 1 aromatic rings. The minimum Gasteiger partial charge on any atom is -0.282 e. The Hall–Kier alpha value is -0.470. The van der Waals surface area contributed by atoms with Gasteiger partial charge in [0.25, 0.3) is 0 Å². The van der Waals surface area contributed by atoms with Gasteiger partial charge in [-0.1, -0.05) is 18.2 Å². The summed E-state index contributed by atoms with van der Waals surface area (Å²) in [5.74, 6) is 0. The molecule has 0 aromatic heterocycles. The minimum absolute atomic E-state index is 0.0882. The number of halogens is 1. The minimum atomic E-state index is -0.205. The first-order valence-corrected chi connectivity index (χ1v) is 4.94. The van der Waals surface area contributed by atoms with Crippen molar-refractivity contribution in [1.82, 2.24) is 0 Å². The Morgan fingerprint density at radius 2 is 2.31 bits per heavy atom. The highest BCUT2D eigenvalue weighted by molar-refractivity contribution is 7.97. The number of hydrogen-bond donors (Lipinski definition) is 1. The van der Waals surface area contributed by atoms with Crippen molar-refractivity contribution in [2.24, 2.45) is 0 Å². The maximum Gasteiger partial charge on any atom is 0.216 e. The predicted octanol–water partition coefficient (Wildman–Crippen LogP) is 2.93. The molecule has 0 amide bonds. The van der Waals surface area contributed by atoms with Crippen LogP contribution in [-0.2, 0) is 6.42 Å². The number of benzene rings is 1. The number of alkyl halides is 1. The molecule has 1 atom stereocenters. The lowest BCUT2D eigenvalue weighted by molar-refractivity contribution is 0.109. The van der Waals surface area contributed by atoms with Crippen molar-refractivity contribution in [2.45, 2.75) is 18.7 Å². The number of hydrogen-bond acceptors (Lipinski definition) is 1. The fourth-order valence-electron chi connectivity index (χ4n) is 1.16. The van der Waals surface area contributed by atoms with Gasteiger partial charge in [-0.05, 0) is 25.0 Å². The van der Waals surface area contributed by atoms with E-state index < -0.39 is 0 Å². The number of rotatable bonds is 3. The molecule has 70 valence electrons. The first-order chi connectivity index (χ1) is 6.09. The molecule has 1 nitrogen and oxygen atoms in total. The Kier molecular flexibility index (Phi) is 3.82. The SMILES string of the molecule is CC(Cl)Cc1cccc(C(=O)S)c1. The molecule has 0 saturated carbocycles. The van der Waals surface area contributed by atoms with Crippen molar-refractivity contribution in [3.8, 4) is 0 Å².